The van der Waals surface area contributed by atoms with Gasteiger partial charge in [-0.2, -0.15) is 0 Å². The molecular formula is C9H19N5O2. The predicted molar refractivity (Wildman–Crippen MR) is 60.6 cm³/mol. The normalized spacial score (nSPS) is 29.2. The second-order valence-corrected chi connectivity index (χ2v) is 4.16. The van der Waals surface area contributed by atoms with Crippen molar-refractivity contribution in [2.75, 3.05) is 14.1 Å². The highest BCUT2D eigenvalue weighted by Gasteiger charge is 2.32. The Kier molecular flexibility index (Phi) is 3.71. The van der Waals surface area contributed by atoms with Gasteiger partial charge in [0.2, 0.25) is 0 Å². The van der Waals surface area contributed by atoms with E-state index in [-0.39, 0.29) is 12.6 Å². The molecule has 0 spiro atoms. The van der Waals surface area contributed by atoms with Crippen LogP contribution in [0.1, 0.15) is 19.8 Å². The number of carbonyl (C=O) groups is 1. The molecule has 0 saturated heterocycles. The van der Waals surface area contributed by atoms with Crippen molar-refractivity contribution in [2.24, 2.45) is 10.7 Å². The Bertz CT molecular complexity index is 304. The van der Waals surface area contributed by atoms with Crippen LogP contribution in [-0.2, 0) is 4.79 Å². The first-order valence-electron chi connectivity index (χ1n) is 5.14. The van der Waals surface area contributed by atoms with E-state index in [1.54, 1.807) is 4.90 Å². The predicted octanol–water partition coefficient (Wildman–Crippen LogP) is -1.08. The van der Waals surface area contributed by atoms with E-state index in [9.17, 15) is 4.79 Å². The quantitative estimate of drug-likeness (QED) is 0.491. The maximum absolute atomic E-state index is 10.5. The molecule has 5 N–H and O–H groups in total. The lowest BCUT2D eigenvalue weighted by Crippen LogP contribution is -2.71. The fourth-order valence-electron chi connectivity index (χ4n) is 1.52. The SMILES string of the molecule is CC1N=C(N(C)C)NC(N)(CCC(=O)O)N1. The molecule has 2 unspecified atom stereocenters. The van der Waals surface area contributed by atoms with E-state index in [1.165, 1.54) is 0 Å². The van der Waals surface area contributed by atoms with Gasteiger partial charge in [-0.3, -0.25) is 15.8 Å². The number of aliphatic carboxylic acids is 1. The van der Waals surface area contributed by atoms with Gasteiger partial charge in [-0.05, 0) is 6.92 Å². The highest BCUT2D eigenvalue weighted by molar-refractivity contribution is 5.81. The third-order valence-electron chi connectivity index (χ3n) is 2.27. The Morgan fingerprint density at radius 3 is 2.81 bits per heavy atom. The average Bonchev–Trinajstić information content (AvgIpc) is 2.13. The van der Waals surface area contributed by atoms with Crippen LogP contribution in [0.15, 0.2) is 4.99 Å². The minimum absolute atomic E-state index is 0.00390. The number of hydrogen-bond donors (Lipinski definition) is 4. The topological polar surface area (TPSA) is 103 Å². The zero-order valence-corrected chi connectivity index (χ0v) is 9.82. The van der Waals surface area contributed by atoms with Crippen molar-refractivity contribution < 1.29 is 9.90 Å². The number of nitrogens with two attached hydrogens (primary N) is 1. The molecule has 0 bridgehead atoms. The molecule has 92 valence electrons. The summed E-state index contributed by atoms with van der Waals surface area (Å²) in [5, 5.41) is 14.7. The molecule has 0 aromatic carbocycles. The summed E-state index contributed by atoms with van der Waals surface area (Å²) in [7, 11) is 3.70. The molecule has 0 saturated carbocycles. The summed E-state index contributed by atoms with van der Waals surface area (Å²) in [5.74, 6) is -1.13. The van der Waals surface area contributed by atoms with Crippen LogP contribution >= 0.6 is 0 Å². The Morgan fingerprint density at radius 2 is 2.31 bits per heavy atom. The van der Waals surface area contributed by atoms with Crippen molar-refractivity contribution in [1.82, 2.24) is 15.5 Å². The lowest BCUT2D eigenvalue weighted by molar-refractivity contribution is -0.137. The van der Waals surface area contributed by atoms with E-state index in [0.29, 0.717) is 12.4 Å². The second-order valence-electron chi connectivity index (χ2n) is 4.16. The number of carboxylic acids is 1. The molecule has 0 radical (unpaired) electrons. The Morgan fingerprint density at radius 1 is 1.69 bits per heavy atom. The van der Waals surface area contributed by atoms with Gasteiger partial charge >= 0.3 is 5.97 Å². The molecule has 0 aromatic rings. The van der Waals surface area contributed by atoms with Crippen LogP contribution in [0.3, 0.4) is 0 Å². The van der Waals surface area contributed by atoms with Crippen LogP contribution in [0.4, 0.5) is 0 Å². The molecule has 1 aliphatic heterocycles. The van der Waals surface area contributed by atoms with Crippen molar-refractivity contribution in [3.63, 3.8) is 0 Å². The minimum Gasteiger partial charge on any atom is -0.481 e. The van der Waals surface area contributed by atoms with E-state index in [1.807, 2.05) is 21.0 Å². The van der Waals surface area contributed by atoms with Gasteiger partial charge in [0.1, 0.15) is 12.0 Å². The van der Waals surface area contributed by atoms with Gasteiger partial charge in [-0.25, -0.2) is 4.99 Å². The van der Waals surface area contributed by atoms with Crippen molar-refractivity contribution in [3.8, 4) is 0 Å². The van der Waals surface area contributed by atoms with Crippen molar-refractivity contribution in [2.45, 2.75) is 31.7 Å². The summed E-state index contributed by atoms with van der Waals surface area (Å²) >= 11 is 0. The number of aliphatic imine (C=N–C) groups is 1. The first kappa shape index (κ1) is 12.7. The molecule has 7 heteroatoms. The first-order chi connectivity index (χ1) is 7.32. The lowest BCUT2D eigenvalue weighted by Gasteiger charge is -2.40. The highest BCUT2D eigenvalue weighted by Crippen LogP contribution is 2.09. The summed E-state index contributed by atoms with van der Waals surface area (Å²) in [5.41, 5.74) is 6.03. The molecule has 2 atom stereocenters. The number of nitrogens with one attached hydrogen (secondary N) is 2. The van der Waals surface area contributed by atoms with Gasteiger partial charge in [-0.1, -0.05) is 0 Å². The largest absolute Gasteiger partial charge is 0.481 e. The second kappa shape index (κ2) is 4.67. The number of rotatable bonds is 3. The van der Waals surface area contributed by atoms with E-state index in [0.717, 1.165) is 0 Å². The van der Waals surface area contributed by atoms with Gasteiger partial charge in [0.05, 0.1) is 6.42 Å². The smallest absolute Gasteiger partial charge is 0.303 e. The summed E-state index contributed by atoms with van der Waals surface area (Å²) in [6, 6.07) is 0. The van der Waals surface area contributed by atoms with E-state index < -0.39 is 11.8 Å². The van der Waals surface area contributed by atoms with Gasteiger partial charge in [0, 0.05) is 20.5 Å². The fourth-order valence-corrected chi connectivity index (χ4v) is 1.52. The molecule has 0 amide bonds. The Labute approximate surface area is 94.7 Å². The van der Waals surface area contributed by atoms with Crippen molar-refractivity contribution >= 4 is 11.9 Å². The first-order valence-corrected chi connectivity index (χ1v) is 5.14. The molecule has 0 fully saturated rings. The number of carboxylic acid groups (broad SMARTS) is 1. The molecule has 1 rings (SSSR count). The monoisotopic (exact) mass is 229 g/mol. The summed E-state index contributed by atoms with van der Waals surface area (Å²) in [6.45, 7) is 1.87. The highest BCUT2D eigenvalue weighted by atomic mass is 16.4. The molecule has 16 heavy (non-hydrogen) atoms. The summed E-state index contributed by atoms with van der Waals surface area (Å²) < 4.78 is 0. The molecule has 0 aromatic heterocycles. The summed E-state index contributed by atoms with van der Waals surface area (Å²) in [4.78, 5) is 16.6. The third-order valence-corrected chi connectivity index (χ3v) is 2.27. The number of guanidine groups is 1. The van der Waals surface area contributed by atoms with Crippen molar-refractivity contribution in [1.29, 1.82) is 0 Å². The zero-order valence-electron chi connectivity index (χ0n) is 9.82. The standard InChI is InChI=1S/C9H19N5O2/c1-6-11-8(14(2)3)13-9(10,12-6)5-4-7(15)16/h6,12H,4-5,10H2,1-3H3,(H,11,13)(H,15,16). The minimum atomic E-state index is -0.918. The number of hydrogen-bond acceptors (Lipinski definition) is 6. The Balaban J connectivity index is 2.69. The van der Waals surface area contributed by atoms with Crippen LogP contribution in [0.25, 0.3) is 0 Å². The van der Waals surface area contributed by atoms with Crippen LogP contribution in [0, 0.1) is 0 Å². The van der Waals surface area contributed by atoms with E-state index in [4.69, 9.17) is 10.8 Å². The number of nitrogens with zero attached hydrogens (tertiary/aromatic N) is 2. The van der Waals surface area contributed by atoms with Crippen LogP contribution in [0.5, 0.6) is 0 Å². The molecule has 0 aliphatic carbocycles. The maximum atomic E-state index is 10.5. The summed E-state index contributed by atoms with van der Waals surface area (Å²) in [6.07, 6.45) is 0.154. The van der Waals surface area contributed by atoms with Gasteiger partial charge in [0.15, 0.2) is 5.96 Å². The van der Waals surface area contributed by atoms with Gasteiger partial charge < -0.3 is 15.3 Å². The van der Waals surface area contributed by atoms with E-state index in [2.05, 4.69) is 15.6 Å². The van der Waals surface area contributed by atoms with Crippen molar-refractivity contribution in [3.05, 3.63) is 0 Å². The third kappa shape index (κ3) is 3.35. The Hall–Kier alpha value is -1.34. The molecule has 7 nitrogen and oxygen atoms in total. The van der Waals surface area contributed by atoms with Gasteiger partial charge in [-0.15, -0.1) is 0 Å². The zero-order chi connectivity index (χ0) is 12.3. The van der Waals surface area contributed by atoms with Gasteiger partial charge in [0.25, 0.3) is 0 Å². The lowest BCUT2D eigenvalue weighted by atomic mass is 10.1. The maximum Gasteiger partial charge on any atom is 0.303 e. The average molecular weight is 229 g/mol. The molecule has 1 heterocycles. The molecular weight excluding hydrogens is 210 g/mol. The van der Waals surface area contributed by atoms with Crippen LogP contribution < -0.4 is 16.4 Å². The van der Waals surface area contributed by atoms with Crippen LogP contribution in [0.2, 0.25) is 0 Å². The van der Waals surface area contributed by atoms with E-state index >= 15 is 0 Å². The molecule has 1 aliphatic rings. The van der Waals surface area contributed by atoms with Crippen LogP contribution in [-0.4, -0.2) is 48.0 Å². The fraction of sp³-hybridized carbons (Fsp3) is 0.778.